The first-order valence-corrected chi connectivity index (χ1v) is 8.80. The minimum Gasteiger partial charge on any atom is -0.486 e. The summed E-state index contributed by atoms with van der Waals surface area (Å²) in [7, 11) is 0. The van der Waals surface area contributed by atoms with E-state index in [4.69, 9.17) is 14.2 Å². The van der Waals surface area contributed by atoms with Crippen LogP contribution in [0.1, 0.15) is 23.3 Å². The van der Waals surface area contributed by atoms with Crippen LogP contribution >= 0.6 is 0 Å². The number of carbonyl (C=O) groups excluding carboxylic acids is 1. The number of fused-ring (bicyclic) bond motifs is 1. The lowest BCUT2D eigenvalue weighted by Gasteiger charge is -2.19. The van der Waals surface area contributed by atoms with Crippen LogP contribution < -0.4 is 20.1 Å². The van der Waals surface area contributed by atoms with Gasteiger partial charge in [0.05, 0.1) is 6.10 Å². The van der Waals surface area contributed by atoms with Crippen molar-refractivity contribution >= 4 is 17.3 Å². The standard InChI is InChI=1S/C19H21N3O4/c23-19(21-12-15-2-1-7-24-15)16-10-14(5-6-20-16)22-13-3-4-17-18(11-13)26-9-8-25-17/h3-6,10-11,15H,1-2,7-9,12H2,(H,20,22)(H,21,23). The molecule has 0 saturated carbocycles. The molecule has 4 rings (SSSR count). The number of amides is 1. The van der Waals surface area contributed by atoms with Gasteiger partial charge in [-0.05, 0) is 37.1 Å². The lowest BCUT2D eigenvalue weighted by atomic mass is 10.2. The molecule has 2 aliphatic rings. The van der Waals surface area contributed by atoms with Gasteiger partial charge in [-0.25, -0.2) is 0 Å². The van der Waals surface area contributed by atoms with Crippen molar-refractivity contribution in [3.63, 3.8) is 0 Å². The van der Waals surface area contributed by atoms with E-state index in [0.717, 1.165) is 36.6 Å². The van der Waals surface area contributed by atoms with E-state index in [0.29, 0.717) is 31.2 Å². The number of carbonyl (C=O) groups is 1. The van der Waals surface area contributed by atoms with E-state index in [1.165, 1.54) is 0 Å². The number of aromatic nitrogens is 1. The minimum atomic E-state index is -0.202. The molecule has 7 nitrogen and oxygen atoms in total. The number of nitrogens with one attached hydrogen (secondary N) is 2. The summed E-state index contributed by atoms with van der Waals surface area (Å²) in [5, 5.41) is 6.15. The zero-order valence-electron chi connectivity index (χ0n) is 14.4. The van der Waals surface area contributed by atoms with E-state index in [2.05, 4.69) is 15.6 Å². The Hall–Kier alpha value is -2.80. The molecule has 1 atom stereocenters. The Labute approximate surface area is 151 Å². The number of ether oxygens (including phenoxy) is 3. The van der Waals surface area contributed by atoms with Crippen LogP contribution in [0.15, 0.2) is 36.5 Å². The first-order chi connectivity index (χ1) is 12.8. The van der Waals surface area contributed by atoms with Crippen LogP contribution in [0.4, 0.5) is 11.4 Å². The first-order valence-electron chi connectivity index (χ1n) is 8.80. The van der Waals surface area contributed by atoms with Gasteiger partial charge in [-0.1, -0.05) is 0 Å². The summed E-state index contributed by atoms with van der Waals surface area (Å²) < 4.78 is 16.6. The second-order valence-electron chi connectivity index (χ2n) is 6.26. The van der Waals surface area contributed by atoms with Crippen LogP contribution in [0.5, 0.6) is 11.5 Å². The zero-order chi connectivity index (χ0) is 17.8. The summed E-state index contributed by atoms with van der Waals surface area (Å²) in [4.78, 5) is 16.5. The number of rotatable bonds is 5. The third-order valence-corrected chi connectivity index (χ3v) is 4.34. The molecule has 2 aliphatic heterocycles. The van der Waals surface area contributed by atoms with Gasteiger partial charge in [0.15, 0.2) is 11.5 Å². The molecule has 0 bridgehead atoms. The summed E-state index contributed by atoms with van der Waals surface area (Å²) in [6.45, 7) is 2.39. The highest BCUT2D eigenvalue weighted by Crippen LogP contribution is 2.33. The Kier molecular flexibility index (Phi) is 4.88. The van der Waals surface area contributed by atoms with E-state index in [-0.39, 0.29) is 12.0 Å². The number of benzene rings is 1. The smallest absolute Gasteiger partial charge is 0.270 e. The topological polar surface area (TPSA) is 81.7 Å². The van der Waals surface area contributed by atoms with Crippen molar-refractivity contribution in [2.24, 2.45) is 0 Å². The Bertz CT molecular complexity index is 790. The Morgan fingerprint density at radius 1 is 1.08 bits per heavy atom. The largest absolute Gasteiger partial charge is 0.486 e. The molecule has 1 fully saturated rings. The number of nitrogens with zero attached hydrogens (tertiary/aromatic N) is 1. The Balaban J connectivity index is 1.41. The second-order valence-corrected chi connectivity index (χ2v) is 6.26. The molecule has 1 aromatic carbocycles. The van der Waals surface area contributed by atoms with Gasteiger partial charge < -0.3 is 24.8 Å². The monoisotopic (exact) mass is 355 g/mol. The Morgan fingerprint density at radius 3 is 2.77 bits per heavy atom. The maximum absolute atomic E-state index is 12.3. The lowest BCUT2D eigenvalue weighted by molar-refractivity contribution is 0.0854. The quantitative estimate of drug-likeness (QED) is 0.858. The van der Waals surface area contributed by atoms with Crippen molar-refractivity contribution in [3.05, 3.63) is 42.2 Å². The molecule has 136 valence electrons. The van der Waals surface area contributed by atoms with Crippen molar-refractivity contribution in [3.8, 4) is 11.5 Å². The fraction of sp³-hybridized carbons (Fsp3) is 0.368. The third-order valence-electron chi connectivity index (χ3n) is 4.34. The van der Waals surface area contributed by atoms with Crippen LogP contribution in [0.3, 0.4) is 0 Å². The number of hydrogen-bond donors (Lipinski definition) is 2. The molecule has 1 amide bonds. The SMILES string of the molecule is O=C(NCC1CCCO1)c1cc(Nc2ccc3c(c2)OCCO3)ccn1. The molecule has 7 heteroatoms. The first kappa shape index (κ1) is 16.7. The van der Waals surface area contributed by atoms with Crippen molar-refractivity contribution in [1.82, 2.24) is 10.3 Å². The van der Waals surface area contributed by atoms with E-state index in [1.54, 1.807) is 12.3 Å². The van der Waals surface area contributed by atoms with Gasteiger partial charge in [-0.2, -0.15) is 0 Å². The van der Waals surface area contributed by atoms with Gasteiger partial charge in [0, 0.05) is 36.8 Å². The molecular formula is C19H21N3O4. The van der Waals surface area contributed by atoms with Crippen molar-refractivity contribution in [2.75, 3.05) is 31.7 Å². The van der Waals surface area contributed by atoms with Gasteiger partial charge in [0.25, 0.3) is 5.91 Å². The maximum Gasteiger partial charge on any atom is 0.270 e. The molecule has 1 unspecified atom stereocenters. The van der Waals surface area contributed by atoms with Crippen LogP contribution in [-0.4, -0.2) is 43.4 Å². The highest BCUT2D eigenvalue weighted by molar-refractivity contribution is 5.93. The van der Waals surface area contributed by atoms with Gasteiger partial charge in [0.2, 0.25) is 0 Å². The molecule has 2 N–H and O–H groups in total. The average Bonchev–Trinajstić information content (AvgIpc) is 3.20. The summed E-state index contributed by atoms with van der Waals surface area (Å²) in [6.07, 6.45) is 3.76. The molecule has 0 spiro atoms. The summed E-state index contributed by atoms with van der Waals surface area (Å²) in [5.41, 5.74) is 2.00. The molecule has 26 heavy (non-hydrogen) atoms. The van der Waals surface area contributed by atoms with Crippen molar-refractivity contribution in [1.29, 1.82) is 0 Å². The number of pyridine rings is 1. The van der Waals surface area contributed by atoms with Gasteiger partial charge in [-0.15, -0.1) is 0 Å². The third kappa shape index (κ3) is 3.88. The van der Waals surface area contributed by atoms with Gasteiger partial charge in [0.1, 0.15) is 18.9 Å². The van der Waals surface area contributed by atoms with Gasteiger partial charge in [-0.3, -0.25) is 9.78 Å². The van der Waals surface area contributed by atoms with Crippen LogP contribution in [0.25, 0.3) is 0 Å². The zero-order valence-corrected chi connectivity index (χ0v) is 14.4. The summed E-state index contributed by atoms with van der Waals surface area (Å²) in [5.74, 6) is 1.25. The van der Waals surface area contributed by atoms with Crippen LogP contribution in [-0.2, 0) is 4.74 Å². The van der Waals surface area contributed by atoms with E-state index in [1.807, 2.05) is 24.3 Å². The number of anilines is 2. The highest BCUT2D eigenvalue weighted by Gasteiger charge is 2.17. The fourth-order valence-electron chi connectivity index (χ4n) is 3.02. The van der Waals surface area contributed by atoms with Crippen LogP contribution in [0.2, 0.25) is 0 Å². The molecule has 1 saturated heterocycles. The Morgan fingerprint density at radius 2 is 1.92 bits per heavy atom. The summed E-state index contributed by atoms with van der Waals surface area (Å²) in [6, 6.07) is 9.19. The highest BCUT2D eigenvalue weighted by atomic mass is 16.6. The number of hydrogen-bond acceptors (Lipinski definition) is 6. The van der Waals surface area contributed by atoms with Crippen molar-refractivity contribution in [2.45, 2.75) is 18.9 Å². The average molecular weight is 355 g/mol. The normalized spacial score (nSPS) is 18.4. The van der Waals surface area contributed by atoms with Crippen molar-refractivity contribution < 1.29 is 19.0 Å². The van der Waals surface area contributed by atoms with E-state index in [9.17, 15) is 4.79 Å². The predicted molar refractivity (Wildman–Crippen MR) is 96.3 cm³/mol. The van der Waals surface area contributed by atoms with E-state index >= 15 is 0 Å². The fourth-order valence-corrected chi connectivity index (χ4v) is 3.02. The molecule has 2 aromatic rings. The lowest BCUT2D eigenvalue weighted by Crippen LogP contribution is -2.32. The second kappa shape index (κ2) is 7.61. The van der Waals surface area contributed by atoms with Gasteiger partial charge >= 0.3 is 0 Å². The molecule has 0 radical (unpaired) electrons. The van der Waals surface area contributed by atoms with Crippen LogP contribution in [0, 0.1) is 0 Å². The molecule has 3 heterocycles. The predicted octanol–water partition coefficient (Wildman–Crippen LogP) is 2.51. The summed E-state index contributed by atoms with van der Waals surface area (Å²) >= 11 is 0. The minimum absolute atomic E-state index is 0.109. The van der Waals surface area contributed by atoms with E-state index < -0.39 is 0 Å². The maximum atomic E-state index is 12.3. The molecule has 0 aliphatic carbocycles. The molecule has 1 aromatic heterocycles. The molecular weight excluding hydrogens is 334 g/mol.